The molecule has 0 aromatic heterocycles. The summed E-state index contributed by atoms with van der Waals surface area (Å²) >= 11 is 3.90. The van der Waals surface area contributed by atoms with Gasteiger partial charge in [0.05, 0.1) is 5.54 Å². The molecule has 4 heteroatoms. The van der Waals surface area contributed by atoms with Gasteiger partial charge < -0.3 is 4.43 Å². The zero-order chi connectivity index (χ0) is 10.5. The Morgan fingerprint density at radius 2 is 2.08 bits per heavy atom. The Morgan fingerprint density at radius 3 is 2.38 bits per heavy atom. The van der Waals surface area contributed by atoms with Gasteiger partial charge in [0.1, 0.15) is 0 Å². The summed E-state index contributed by atoms with van der Waals surface area (Å²) in [6, 6.07) is 0. The Bertz CT molecular complexity index is 171. The molecule has 0 fully saturated rings. The van der Waals surface area contributed by atoms with Crippen molar-refractivity contribution >= 4 is 27.5 Å². The first kappa shape index (κ1) is 13.2. The van der Waals surface area contributed by atoms with E-state index in [4.69, 9.17) is 4.43 Å². The number of hydrogen-bond acceptors (Lipinski definition) is 2. The average molecular weight is 218 g/mol. The van der Waals surface area contributed by atoms with Crippen molar-refractivity contribution in [3.63, 3.8) is 0 Å². The lowest BCUT2D eigenvalue weighted by Crippen LogP contribution is -2.29. The van der Waals surface area contributed by atoms with Crippen LogP contribution in [0, 0.1) is 5.41 Å². The summed E-state index contributed by atoms with van der Waals surface area (Å²) in [6.45, 7) is 8.84. The van der Waals surface area contributed by atoms with Gasteiger partial charge in [-0.1, -0.05) is 27.2 Å². The van der Waals surface area contributed by atoms with Gasteiger partial charge in [-0.2, -0.15) is 0 Å². The van der Waals surface area contributed by atoms with Crippen LogP contribution in [0.25, 0.3) is 0 Å². The molecule has 0 aliphatic heterocycles. The number of carbonyl (C=O) groups is 1. The molecule has 0 N–H and O–H groups in total. The molecule has 0 saturated carbocycles. The van der Waals surface area contributed by atoms with Gasteiger partial charge in [0.15, 0.2) is 5.12 Å². The van der Waals surface area contributed by atoms with Crippen molar-refractivity contribution in [3.05, 3.63) is 0 Å². The van der Waals surface area contributed by atoms with Crippen LogP contribution in [0.4, 0.5) is 0 Å². The standard InChI is InChI=1S/C9H18O2SSi/c1-5-9(3,4)7(8(10)12)13-11-6-2/h7H,5-6H2,1-4H3,(H,10,12). The second kappa shape index (κ2) is 5.83. The largest absolute Gasteiger partial charge is 0.417 e. The summed E-state index contributed by atoms with van der Waals surface area (Å²) < 4.78 is 5.30. The van der Waals surface area contributed by atoms with Crippen LogP contribution in [0.3, 0.4) is 0 Å². The molecule has 0 aromatic rings. The molecule has 0 rings (SSSR count). The first-order chi connectivity index (χ1) is 5.95. The Kier molecular flexibility index (Phi) is 5.92. The lowest BCUT2D eigenvalue weighted by molar-refractivity contribution is -0.112. The van der Waals surface area contributed by atoms with Gasteiger partial charge in [-0.3, -0.25) is 4.79 Å². The van der Waals surface area contributed by atoms with E-state index in [1.54, 1.807) is 0 Å². The predicted molar refractivity (Wildman–Crippen MR) is 59.2 cm³/mol. The third-order valence-corrected chi connectivity index (χ3v) is 4.52. The topological polar surface area (TPSA) is 26.3 Å². The fourth-order valence-electron chi connectivity index (χ4n) is 0.915. The summed E-state index contributed by atoms with van der Waals surface area (Å²) in [4.78, 5) is 11.2. The molecule has 0 saturated heterocycles. The van der Waals surface area contributed by atoms with E-state index >= 15 is 0 Å². The molecule has 13 heavy (non-hydrogen) atoms. The smallest absolute Gasteiger partial charge is 0.242 e. The summed E-state index contributed by atoms with van der Waals surface area (Å²) in [6.07, 6.45) is 0.962. The van der Waals surface area contributed by atoms with E-state index in [-0.39, 0.29) is 25.8 Å². The van der Waals surface area contributed by atoms with Gasteiger partial charge in [0.2, 0.25) is 9.76 Å². The monoisotopic (exact) mass is 218 g/mol. The van der Waals surface area contributed by atoms with Crippen molar-refractivity contribution in [3.8, 4) is 0 Å². The minimum absolute atomic E-state index is 0.00749. The minimum atomic E-state index is -0.0687. The Labute approximate surface area is 88.8 Å². The van der Waals surface area contributed by atoms with Crippen LogP contribution in [-0.2, 0) is 9.22 Å². The first-order valence-corrected chi connectivity index (χ1v) is 5.99. The lowest BCUT2D eigenvalue weighted by Gasteiger charge is -2.29. The van der Waals surface area contributed by atoms with Crippen LogP contribution in [0.15, 0.2) is 0 Å². The van der Waals surface area contributed by atoms with E-state index in [1.807, 2.05) is 6.92 Å². The SMILES string of the molecule is CCO[Si]C(C(=O)S)C(C)(C)CC. The molecular weight excluding hydrogens is 200 g/mol. The van der Waals surface area contributed by atoms with Crippen molar-refractivity contribution < 1.29 is 9.22 Å². The van der Waals surface area contributed by atoms with Crippen molar-refractivity contribution in [2.24, 2.45) is 5.41 Å². The molecule has 2 radical (unpaired) electrons. The lowest BCUT2D eigenvalue weighted by atomic mass is 9.86. The third kappa shape index (κ3) is 4.29. The Morgan fingerprint density at radius 1 is 1.54 bits per heavy atom. The number of thiol groups is 1. The highest BCUT2D eigenvalue weighted by molar-refractivity contribution is 7.96. The second-order valence-electron chi connectivity index (χ2n) is 3.66. The summed E-state index contributed by atoms with van der Waals surface area (Å²) in [5, 5.41) is -0.0568. The summed E-state index contributed by atoms with van der Waals surface area (Å²) in [5.41, 5.74) is -0.0762. The van der Waals surface area contributed by atoms with E-state index in [0.717, 1.165) is 6.42 Å². The number of rotatable bonds is 6. The zero-order valence-electron chi connectivity index (χ0n) is 8.76. The molecule has 2 nitrogen and oxygen atoms in total. The molecule has 0 aliphatic carbocycles. The highest BCUT2D eigenvalue weighted by Crippen LogP contribution is 2.36. The molecule has 1 atom stereocenters. The van der Waals surface area contributed by atoms with Crippen LogP contribution in [0.5, 0.6) is 0 Å². The highest BCUT2D eigenvalue weighted by Gasteiger charge is 2.33. The van der Waals surface area contributed by atoms with Crippen molar-refractivity contribution in [1.82, 2.24) is 0 Å². The fourth-order valence-corrected chi connectivity index (χ4v) is 2.38. The molecule has 0 heterocycles. The molecule has 76 valence electrons. The normalized spacial score (nSPS) is 14.2. The highest BCUT2D eigenvalue weighted by atomic mass is 32.1. The molecular formula is C9H18O2SSi. The zero-order valence-corrected chi connectivity index (χ0v) is 10.6. The van der Waals surface area contributed by atoms with Crippen molar-refractivity contribution in [1.29, 1.82) is 0 Å². The van der Waals surface area contributed by atoms with Gasteiger partial charge in [0.25, 0.3) is 0 Å². The fraction of sp³-hybridized carbons (Fsp3) is 0.889. The van der Waals surface area contributed by atoms with E-state index in [0.29, 0.717) is 6.61 Å². The van der Waals surface area contributed by atoms with Crippen molar-refractivity contribution in [2.75, 3.05) is 6.61 Å². The van der Waals surface area contributed by atoms with E-state index in [9.17, 15) is 4.79 Å². The second-order valence-corrected chi connectivity index (χ2v) is 5.21. The van der Waals surface area contributed by atoms with Gasteiger partial charge in [-0.25, -0.2) is 0 Å². The molecule has 0 bridgehead atoms. The molecule has 0 aromatic carbocycles. The Balaban J connectivity index is 4.32. The van der Waals surface area contributed by atoms with E-state index in [2.05, 4.69) is 33.4 Å². The predicted octanol–water partition coefficient (Wildman–Crippen LogP) is 2.32. The van der Waals surface area contributed by atoms with Crippen LogP contribution in [0.2, 0.25) is 5.54 Å². The first-order valence-electron chi connectivity index (χ1n) is 4.55. The maximum atomic E-state index is 11.2. The average Bonchev–Trinajstić information content (AvgIpc) is 2.04. The van der Waals surface area contributed by atoms with Crippen LogP contribution < -0.4 is 0 Å². The summed E-state index contributed by atoms with van der Waals surface area (Å²) in [5.74, 6) is 0. The van der Waals surface area contributed by atoms with Gasteiger partial charge >= 0.3 is 0 Å². The van der Waals surface area contributed by atoms with Crippen LogP contribution >= 0.6 is 12.6 Å². The number of hydrogen-bond donors (Lipinski definition) is 1. The molecule has 1 unspecified atom stereocenters. The van der Waals surface area contributed by atoms with Gasteiger partial charge in [-0.05, 0) is 12.3 Å². The van der Waals surface area contributed by atoms with E-state index in [1.165, 1.54) is 0 Å². The molecule has 0 spiro atoms. The third-order valence-electron chi connectivity index (χ3n) is 2.29. The maximum Gasteiger partial charge on any atom is 0.242 e. The van der Waals surface area contributed by atoms with Gasteiger partial charge in [0, 0.05) is 6.61 Å². The van der Waals surface area contributed by atoms with Crippen LogP contribution in [0.1, 0.15) is 34.1 Å². The van der Waals surface area contributed by atoms with Crippen LogP contribution in [-0.4, -0.2) is 21.5 Å². The summed E-state index contributed by atoms with van der Waals surface area (Å²) in [7, 11) is 0.236. The Hall–Kier alpha value is 0.197. The van der Waals surface area contributed by atoms with Crippen molar-refractivity contribution in [2.45, 2.75) is 39.7 Å². The maximum absolute atomic E-state index is 11.2. The minimum Gasteiger partial charge on any atom is -0.417 e. The quantitative estimate of drug-likeness (QED) is 0.547. The van der Waals surface area contributed by atoms with E-state index < -0.39 is 0 Å². The molecule has 0 aliphatic rings. The van der Waals surface area contributed by atoms with Gasteiger partial charge in [-0.15, -0.1) is 12.6 Å². The number of carbonyl (C=O) groups excluding carboxylic acids is 1. The molecule has 0 amide bonds.